The Hall–Kier alpha value is -1.45. The first-order valence-electron chi connectivity index (χ1n) is 7.26. The van der Waals surface area contributed by atoms with E-state index in [1.165, 1.54) is 38.3 Å². The number of rotatable bonds is 2. The lowest BCUT2D eigenvalue weighted by Crippen LogP contribution is -2.44. The SMILES string of the molecule is O=C(O)c1cncc(C2C3CC4CC(C3)CC2C4)n1. The molecule has 5 rings (SSSR count). The van der Waals surface area contributed by atoms with Gasteiger partial charge in [0.05, 0.1) is 11.9 Å². The molecular weight excluding hydrogens is 240 g/mol. The molecule has 0 atom stereocenters. The van der Waals surface area contributed by atoms with Crippen LogP contribution in [0.15, 0.2) is 12.4 Å². The lowest BCUT2D eigenvalue weighted by Gasteiger charge is -2.54. The van der Waals surface area contributed by atoms with Gasteiger partial charge in [-0.2, -0.15) is 0 Å². The predicted molar refractivity (Wildman–Crippen MR) is 68.8 cm³/mol. The fourth-order valence-electron chi connectivity index (χ4n) is 5.05. The van der Waals surface area contributed by atoms with E-state index < -0.39 is 5.97 Å². The van der Waals surface area contributed by atoms with Gasteiger partial charge in [0.2, 0.25) is 0 Å². The van der Waals surface area contributed by atoms with Crippen LogP contribution in [0, 0.1) is 23.7 Å². The van der Waals surface area contributed by atoms with E-state index in [1.54, 1.807) is 6.20 Å². The lowest BCUT2D eigenvalue weighted by atomic mass is 9.51. The molecule has 0 saturated heterocycles. The van der Waals surface area contributed by atoms with E-state index >= 15 is 0 Å². The van der Waals surface area contributed by atoms with Crippen LogP contribution >= 0.6 is 0 Å². The van der Waals surface area contributed by atoms with E-state index in [4.69, 9.17) is 5.11 Å². The van der Waals surface area contributed by atoms with Gasteiger partial charge in [-0.15, -0.1) is 0 Å². The highest BCUT2D eigenvalue weighted by molar-refractivity contribution is 5.84. The van der Waals surface area contributed by atoms with Crippen molar-refractivity contribution in [2.24, 2.45) is 23.7 Å². The first-order chi connectivity index (χ1) is 9.20. The van der Waals surface area contributed by atoms with Gasteiger partial charge in [-0.05, 0) is 55.8 Å². The number of carboxylic acids is 1. The van der Waals surface area contributed by atoms with Crippen LogP contribution in [-0.4, -0.2) is 21.0 Å². The Bertz CT molecular complexity index is 501. The second kappa shape index (κ2) is 4.02. The standard InChI is InChI=1S/C15H18N2O2/c18-15(19)13-7-16-6-12(17-13)14-10-2-8-1-9(4-10)5-11(14)3-8/h6-11,14H,1-5H2,(H,18,19). The smallest absolute Gasteiger partial charge is 0.356 e. The molecule has 1 N–H and O–H groups in total. The maximum atomic E-state index is 11.0. The Balaban J connectivity index is 1.69. The van der Waals surface area contributed by atoms with Crippen LogP contribution in [0.25, 0.3) is 0 Å². The molecule has 4 bridgehead atoms. The van der Waals surface area contributed by atoms with Gasteiger partial charge >= 0.3 is 5.97 Å². The van der Waals surface area contributed by atoms with Crippen molar-refractivity contribution >= 4 is 5.97 Å². The monoisotopic (exact) mass is 258 g/mol. The van der Waals surface area contributed by atoms with Gasteiger partial charge in [-0.3, -0.25) is 4.98 Å². The van der Waals surface area contributed by atoms with Crippen molar-refractivity contribution in [2.45, 2.75) is 38.0 Å². The number of hydrogen-bond donors (Lipinski definition) is 1. The van der Waals surface area contributed by atoms with Gasteiger partial charge in [-0.1, -0.05) is 0 Å². The van der Waals surface area contributed by atoms with Crippen molar-refractivity contribution in [2.75, 3.05) is 0 Å². The fourth-order valence-corrected chi connectivity index (χ4v) is 5.05. The van der Waals surface area contributed by atoms with Crippen LogP contribution < -0.4 is 0 Å². The molecule has 0 radical (unpaired) electrons. The highest BCUT2D eigenvalue weighted by Gasteiger charge is 2.49. The molecule has 4 heteroatoms. The average molecular weight is 258 g/mol. The van der Waals surface area contributed by atoms with Crippen molar-refractivity contribution < 1.29 is 9.90 Å². The maximum Gasteiger partial charge on any atom is 0.356 e. The van der Waals surface area contributed by atoms with Gasteiger partial charge in [0.25, 0.3) is 0 Å². The summed E-state index contributed by atoms with van der Waals surface area (Å²) in [6.07, 6.45) is 9.84. The van der Waals surface area contributed by atoms with E-state index in [0.717, 1.165) is 29.4 Å². The molecule has 0 aromatic carbocycles. The van der Waals surface area contributed by atoms with Crippen molar-refractivity contribution in [3.05, 3.63) is 23.8 Å². The molecular formula is C15H18N2O2. The van der Waals surface area contributed by atoms with Crippen molar-refractivity contribution in [3.8, 4) is 0 Å². The second-order valence-electron chi connectivity index (χ2n) is 6.59. The molecule has 4 fully saturated rings. The van der Waals surface area contributed by atoms with E-state index in [-0.39, 0.29) is 5.69 Å². The molecule has 1 heterocycles. The Kier molecular flexibility index (Phi) is 2.41. The molecule has 0 amide bonds. The molecule has 1 aromatic rings. The molecule has 4 nitrogen and oxygen atoms in total. The molecule has 0 spiro atoms. The third-order valence-electron chi connectivity index (χ3n) is 5.44. The maximum absolute atomic E-state index is 11.0. The number of nitrogens with zero attached hydrogens (tertiary/aromatic N) is 2. The summed E-state index contributed by atoms with van der Waals surface area (Å²) in [6.45, 7) is 0. The minimum atomic E-state index is -0.974. The molecule has 4 aliphatic carbocycles. The number of aromatic nitrogens is 2. The van der Waals surface area contributed by atoms with Crippen LogP contribution in [0.1, 0.15) is 54.2 Å². The summed E-state index contributed by atoms with van der Waals surface area (Å²) in [6, 6.07) is 0. The third-order valence-corrected chi connectivity index (χ3v) is 5.44. The Labute approximate surface area is 112 Å². The van der Waals surface area contributed by atoms with Gasteiger partial charge in [0.15, 0.2) is 5.69 Å². The third kappa shape index (κ3) is 1.77. The van der Waals surface area contributed by atoms with Crippen molar-refractivity contribution in [1.82, 2.24) is 9.97 Å². The number of carboxylic acid groups (broad SMARTS) is 1. The number of aromatic carboxylic acids is 1. The zero-order chi connectivity index (χ0) is 13.0. The fraction of sp³-hybridized carbons (Fsp3) is 0.667. The highest BCUT2D eigenvalue weighted by atomic mass is 16.4. The van der Waals surface area contributed by atoms with Crippen LogP contribution in [0.3, 0.4) is 0 Å². The molecule has 0 aliphatic heterocycles. The zero-order valence-electron chi connectivity index (χ0n) is 10.8. The van der Waals surface area contributed by atoms with Crippen molar-refractivity contribution in [1.29, 1.82) is 0 Å². The van der Waals surface area contributed by atoms with Gasteiger partial charge in [0, 0.05) is 12.1 Å². The van der Waals surface area contributed by atoms with E-state index in [0.29, 0.717) is 5.92 Å². The minimum absolute atomic E-state index is 0.0892. The topological polar surface area (TPSA) is 63.1 Å². The molecule has 4 saturated carbocycles. The summed E-state index contributed by atoms with van der Waals surface area (Å²) in [5.41, 5.74) is 1.01. The summed E-state index contributed by atoms with van der Waals surface area (Å²) >= 11 is 0. The Morgan fingerprint density at radius 1 is 1.05 bits per heavy atom. The van der Waals surface area contributed by atoms with Crippen molar-refractivity contribution in [3.63, 3.8) is 0 Å². The lowest BCUT2D eigenvalue weighted by molar-refractivity contribution is -0.00437. The molecule has 0 unspecified atom stereocenters. The van der Waals surface area contributed by atoms with Crippen LogP contribution in [0.4, 0.5) is 0 Å². The molecule has 4 aliphatic rings. The summed E-state index contributed by atoms with van der Waals surface area (Å²) in [5.74, 6) is 2.77. The number of carbonyl (C=O) groups is 1. The molecule has 1 aromatic heterocycles. The summed E-state index contributed by atoms with van der Waals surface area (Å²) < 4.78 is 0. The van der Waals surface area contributed by atoms with E-state index in [1.807, 2.05) is 0 Å². The zero-order valence-corrected chi connectivity index (χ0v) is 10.8. The van der Waals surface area contributed by atoms with Crippen LogP contribution in [0.5, 0.6) is 0 Å². The van der Waals surface area contributed by atoms with E-state index in [2.05, 4.69) is 9.97 Å². The minimum Gasteiger partial charge on any atom is -0.476 e. The summed E-state index contributed by atoms with van der Waals surface area (Å²) in [5, 5.41) is 9.06. The predicted octanol–water partition coefficient (Wildman–Crippen LogP) is 2.71. The quantitative estimate of drug-likeness (QED) is 0.886. The summed E-state index contributed by atoms with van der Waals surface area (Å²) in [7, 11) is 0. The molecule has 100 valence electrons. The first-order valence-corrected chi connectivity index (χ1v) is 7.26. The normalized spacial score (nSPS) is 39.5. The summed E-state index contributed by atoms with van der Waals surface area (Å²) in [4.78, 5) is 19.5. The van der Waals surface area contributed by atoms with Crippen LogP contribution in [-0.2, 0) is 0 Å². The first kappa shape index (κ1) is 11.4. The largest absolute Gasteiger partial charge is 0.476 e. The van der Waals surface area contributed by atoms with Gasteiger partial charge < -0.3 is 5.11 Å². The number of hydrogen-bond acceptors (Lipinski definition) is 3. The molecule has 19 heavy (non-hydrogen) atoms. The highest BCUT2D eigenvalue weighted by Crippen LogP contribution is 2.59. The van der Waals surface area contributed by atoms with Crippen LogP contribution in [0.2, 0.25) is 0 Å². The van der Waals surface area contributed by atoms with E-state index in [9.17, 15) is 4.79 Å². The Morgan fingerprint density at radius 3 is 2.26 bits per heavy atom. The van der Waals surface area contributed by atoms with Gasteiger partial charge in [-0.25, -0.2) is 9.78 Å². The average Bonchev–Trinajstić information content (AvgIpc) is 2.37. The van der Waals surface area contributed by atoms with Gasteiger partial charge in [0.1, 0.15) is 0 Å². The Morgan fingerprint density at radius 2 is 1.68 bits per heavy atom. The second-order valence-corrected chi connectivity index (χ2v) is 6.59.